The van der Waals surface area contributed by atoms with Crippen molar-refractivity contribution in [3.63, 3.8) is 0 Å². The number of rotatable bonds is 6. The third-order valence-corrected chi connectivity index (χ3v) is 14.9. The highest BCUT2D eigenvalue weighted by Crippen LogP contribution is 2.39. The summed E-state index contributed by atoms with van der Waals surface area (Å²) in [6.45, 7) is 8.71. The number of hydrogen-bond donors (Lipinski definition) is 0. The Bertz CT molecular complexity index is 5000. The highest BCUT2D eigenvalue weighted by molar-refractivity contribution is 6.11. The summed E-state index contributed by atoms with van der Waals surface area (Å²) in [4.78, 5) is 17.5. The van der Waals surface area contributed by atoms with E-state index in [1.165, 1.54) is 16.7 Å². The largest absolute Gasteiger partial charge is 0.455 e. The second kappa shape index (κ2) is 27.7. The van der Waals surface area contributed by atoms with Crippen LogP contribution < -0.4 is 0 Å². The monoisotopic (exact) mass is 1160 g/mol. The highest BCUT2D eigenvalue weighted by Gasteiger charge is 2.17. The van der Waals surface area contributed by atoms with Gasteiger partial charge in [0.1, 0.15) is 44.5 Å². The fraction of sp³-hybridized carbons (Fsp3) is 0.150. The summed E-state index contributed by atoms with van der Waals surface area (Å²) in [6, 6.07) is 69.2. The molecule has 0 aliphatic heterocycles. The van der Waals surface area contributed by atoms with Crippen molar-refractivity contribution in [2.45, 2.75) is 79.9 Å². The van der Waals surface area contributed by atoms with Crippen molar-refractivity contribution in [1.82, 2.24) is 19.9 Å². The first-order chi connectivity index (χ1) is 46.2. The topological polar surface area (TPSA) is 104 Å². The Kier molecular flexibility index (Phi) is 15.7. The number of benzene rings is 8. The standard InChI is InChI=1S/2C20H17NO.2C17H11NO.2C3H8/c1-13(2)14-6-5-7-15(10-14)17-11-21-12-18-16-8-3-4-9-19(16)22-20(17)18;1-13(2)14-6-5-7-15(12-14)16-10-11-21-19-17-8-3-4-9-18(17)22-20(16)19;1-2-6-12(7-3-1)13-8-4-9-14-16-15(19-17(13)14)10-5-11-18-16;1-2-5-12(6-3-1)13-7-4-8-14-15-11-18-10-9-16(15)19-17(13)14;2*1-3-2/h2*3-13H,1-2H3;2*1-11H;2*3H2,1-2H3/i;;2*2D;2*1D3. The van der Waals surface area contributed by atoms with Gasteiger partial charge in [-0.25, -0.2) is 0 Å². The molecule has 436 valence electrons. The number of fused-ring (bicyclic) bond motifs is 12. The van der Waals surface area contributed by atoms with Crippen LogP contribution >= 0.6 is 0 Å². The molecule has 8 heteroatoms. The van der Waals surface area contributed by atoms with Gasteiger partial charge in [-0.1, -0.05) is 238 Å². The van der Waals surface area contributed by atoms with Crippen LogP contribution in [0.1, 0.15) is 102 Å². The molecule has 0 aliphatic rings. The molecule has 8 nitrogen and oxygen atoms in total. The normalized spacial score (nSPS) is 12.6. The lowest BCUT2D eigenvalue weighted by Gasteiger charge is -2.08. The van der Waals surface area contributed by atoms with Crippen LogP contribution in [-0.4, -0.2) is 19.9 Å². The van der Waals surface area contributed by atoms with Crippen LogP contribution in [0.2, 0.25) is 0 Å². The highest BCUT2D eigenvalue weighted by atomic mass is 16.3. The molecule has 0 radical (unpaired) electrons. The summed E-state index contributed by atoms with van der Waals surface area (Å²) in [5.41, 5.74) is 19.8. The van der Waals surface area contributed by atoms with Gasteiger partial charge in [-0.3, -0.25) is 19.9 Å². The van der Waals surface area contributed by atoms with Gasteiger partial charge in [0.15, 0.2) is 11.2 Å². The van der Waals surface area contributed by atoms with E-state index in [1.54, 1.807) is 38.4 Å². The van der Waals surface area contributed by atoms with Crippen molar-refractivity contribution in [1.29, 1.82) is 0 Å². The van der Waals surface area contributed by atoms with Gasteiger partial charge in [0.05, 0.1) is 2.74 Å². The summed E-state index contributed by atoms with van der Waals surface area (Å²) in [5, 5.41) is 6.34. The van der Waals surface area contributed by atoms with Crippen LogP contribution in [0.15, 0.2) is 273 Å². The Morgan fingerprint density at radius 3 is 1.48 bits per heavy atom. The van der Waals surface area contributed by atoms with Crippen LogP contribution in [0.25, 0.3) is 133 Å². The molecule has 0 bridgehead atoms. The zero-order valence-corrected chi connectivity index (χ0v) is 50.1. The molecular weight excluding hydrogens is 1080 g/mol. The Balaban J connectivity index is 0.000000123. The zero-order valence-electron chi connectivity index (χ0n) is 58.1. The lowest BCUT2D eigenvalue weighted by atomic mass is 9.97. The molecule has 0 fully saturated rings. The van der Waals surface area contributed by atoms with Crippen molar-refractivity contribution >= 4 is 88.0 Å². The summed E-state index contributed by atoms with van der Waals surface area (Å²) in [7, 11) is 0. The molecule has 88 heavy (non-hydrogen) atoms. The Hall–Kier alpha value is -10.4. The van der Waals surface area contributed by atoms with E-state index < -0.39 is 13.7 Å². The van der Waals surface area contributed by atoms with Gasteiger partial charge in [-0.2, -0.15) is 0 Å². The molecule has 0 unspecified atom stereocenters. The fourth-order valence-corrected chi connectivity index (χ4v) is 10.6. The van der Waals surface area contributed by atoms with Crippen molar-refractivity contribution in [2.24, 2.45) is 0 Å². The second-order valence-electron chi connectivity index (χ2n) is 21.4. The van der Waals surface area contributed by atoms with Crippen LogP contribution in [0.5, 0.6) is 0 Å². The molecule has 16 rings (SSSR count). The van der Waals surface area contributed by atoms with E-state index in [0.717, 1.165) is 127 Å². The third-order valence-electron chi connectivity index (χ3n) is 14.9. The van der Waals surface area contributed by atoms with Gasteiger partial charge >= 0.3 is 0 Å². The average molecular weight is 1160 g/mol. The van der Waals surface area contributed by atoms with Crippen LogP contribution in [-0.2, 0) is 0 Å². The Morgan fingerprint density at radius 1 is 0.352 bits per heavy atom. The zero-order chi connectivity index (χ0) is 67.7. The molecule has 0 atom stereocenters. The summed E-state index contributed by atoms with van der Waals surface area (Å²) in [6.07, 6.45) is 11.5. The van der Waals surface area contributed by atoms with Crippen LogP contribution in [0, 0.1) is 0 Å². The van der Waals surface area contributed by atoms with Gasteiger partial charge < -0.3 is 17.7 Å². The molecule has 16 aromatic rings. The molecule has 0 aliphatic carbocycles. The Morgan fingerprint density at radius 2 is 0.830 bits per heavy atom. The number of hydrogen-bond acceptors (Lipinski definition) is 8. The predicted octanol–water partition coefficient (Wildman–Crippen LogP) is 23.7. The molecular formula is C80H72N4O4. The van der Waals surface area contributed by atoms with Gasteiger partial charge in [-0.05, 0) is 93.7 Å². The van der Waals surface area contributed by atoms with Gasteiger partial charge in [-0.15, -0.1) is 0 Å². The maximum Gasteiger partial charge on any atom is 0.161 e. The molecule has 8 aromatic carbocycles. The lowest BCUT2D eigenvalue weighted by molar-refractivity contribution is 0.669. The summed E-state index contributed by atoms with van der Waals surface area (Å²) >= 11 is 0. The minimum atomic E-state index is -1.71. The minimum absolute atomic E-state index is 0.271. The van der Waals surface area contributed by atoms with E-state index in [0.29, 0.717) is 23.9 Å². The lowest BCUT2D eigenvalue weighted by Crippen LogP contribution is -1.88. The van der Waals surface area contributed by atoms with E-state index in [2.05, 4.69) is 108 Å². The van der Waals surface area contributed by atoms with Gasteiger partial charge in [0.2, 0.25) is 0 Å². The predicted molar refractivity (Wildman–Crippen MR) is 368 cm³/mol. The number of pyridine rings is 4. The molecule has 0 amide bonds. The fourth-order valence-electron chi connectivity index (χ4n) is 10.6. The number of furan rings is 4. The van der Waals surface area contributed by atoms with Crippen molar-refractivity contribution in [2.75, 3.05) is 0 Å². The third kappa shape index (κ3) is 12.7. The molecule has 8 aromatic heterocycles. The van der Waals surface area contributed by atoms with E-state index in [9.17, 15) is 0 Å². The van der Waals surface area contributed by atoms with Crippen LogP contribution in [0.3, 0.4) is 0 Å². The second-order valence-corrected chi connectivity index (χ2v) is 21.4. The first kappa shape index (κ1) is 49.8. The number of nitrogens with zero attached hydrogens (tertiary/aromatic N) is 4. The van der Waals surface area contributed by atoms with Crippen LogP contribution in [0.4, 0.5) is 0 Å². The van der Waals surface area contributed by atoms with E-state index in [1.807, 2.05) is 158 Å². The van der Waals surface area contributed by atoms with Crippen molar-refractivity contribution in [3.8, 4) is 44.5 Å². The van der Waals surface area contributed by atoms with E-state index >= 15 is 0 Å². The van der Waals surface area contributed by atoms with Crippen molar-refractivity contribution in [3.05, 3.63) is 267 Å². The van der Waals surface area contributed by atoms with Crippen molar-refractivity contribution < 1.29 is 28.6 Å². The first-order valence-corrected chi connectivity index (χ1v) is 29.6. The maximum absolute atomic E-state index is 7.76. The van der Waals surface area contributed by atoms with Gasteiger partial charge in [0.25, 0.3) is 0 Å². The summed E-state index contributed by atoms with van der Waals surface area (Å²) in [5.74, 6) is 1.01. The molecule has 0 saturated heterocycles. The average Bonchev–Trinajstić information content (AvgIpc) is 1.68. The number of aromatic nitrogens is 4. The van der Waals surface area contributed by atoms with E-state index in [4.69, 9.17) is 28.6 Å². The Labute approximate surface area is 525 Å². The van der Waals surface area contributed by atoms with Gasteiger partial charge in [0, 0.05) is 100.0 Å². The maximum atomic E-state index is 7.76. The molecule has 0 spiro atoms. The molecule has 8 heterocycles. The smallest absolute Gasteiger partial charge is 0.161 e. The summed E-state index contributed by atoms with van der Waals surface area (Å²) < 4.78 is 78.7. The number of para-hydroxylation sites is 4. The first-order valence-electron chi connectivity index (χ1n) is 33.6. The van der Waals surface area contributed by atoms with E-state index in [-0.39, 0.29) is 12.8 Å². The quantitative estimate of drug-likeness (QED) is 0.162. The SMILES string of the molecule is CC(C)c1cccc(-c2ccnc3c2oc2ccccc23)c1.CC(C)c1cccc(-c2cncc3c2oc2ccccc23)c1.[2H]C([2H])([2H])CC.[2H]C([2H])([2H])CC.[2H]c1cccc(-c2cccc3c2oc2cccnc23)c1.[2H]c1cccc(-c2cccc3c2oc2ccncc23)c1. The molecule has 0 N–H and O–H groups in total. The minimum Gasteiger partial charge on any atom is -0.455 e. The molecule has 0 saturated carbocycles.